The number of amides is 1. The van der Waals surface area contributed by atoms with E-state index in [2.05, 4.69) is 5.32 Å². The SMILES string of the molecule is CCNC(=O)C(C)Oc1ccc(C)cc1CN. The number of nitrogens with one attached hydrogen (secondary N) is 1. The molecule has 1 rings (SSSR count). The van der Waals surface area contributed by atoms with E-state index in [-0.39, 0.29) is 5.91 Å². The molecule has 0 radical (unpaired) electrons. The maximum atomic E-state index is 11.5. The van der Waals surface area contributed by atoms with Crippen LogP contribution in [0.3, 0.4) is 0 Å². The molecule has 3 N–H and O–H groups in total. The molecule has 0 saturated heterocycles. The van der Waals surface area contributed by atoms with Crippen molar-refractivity contribution in [2.24, 2.45) is 5.73 Å². The lowest BCUT2D eigenvalue weighted by Gasteiger charge is -2.16. The molecule has 1 atom stereocenters. The van der Waals surface area contributed by atoms with E-state index in [1.165, 1.54) is 0 Å². The van der Waals surface area contributed by atoms with E-state index in [4.69, 9.17) is 10.5 Å². The number of aryl methyl sites for hydroxylation is 1. The summed E-state index contributed by atoms with van der Waals surface area (Å²) < 4.78 is 5.61. The molecule has 0 fully saturated rings. The average molecular weight is 236 g/mol. The minimum Gasteiger partial charge on any atom is -0.481 e. The van der Waals surface area contributed by atoms with Gasteiger partial charge in [-0.1, -0.05) is 17.7 Å². The summed E-state index contributed by atoms with van der Waals surface area (Å²) >= 11 is 0. The molecule has 0 aliphatic carbocycles. The largest absolute Gasteiger partial charge is 0.481 e. The molecule has 0 aromatic heterocycles. The van der Waals surface area contributed by atoms with Crippen LogP contribution in [0.2, 0.25) is 0 Å². The number of ether oxygens (including phenoxy) is 1. The third-order valence-corrected chi connectivity index (χ3v) is 2.46. The van der Waals surface area contributed by atoms with Crippen LogP contribution in [-0.2, 0) is 11.3 Å². The zero-order valence-corrected chi connectivity index (χ0v) is 10.6. The van der Waals surface area contributed by atoms with Gasteiger partial charge in [0.05, 0.1) is 0 Å². The molecule has 0 spiro atoms. The molecule has 4 heteroatoms. The quantitative estimate of drug-likeness (QED) is 0.811. The molecule has 0 aliphatic rings. The molecule has 0 saturated carbocycles. The van der Waals surface area contributed by atoms with Gasteiger partial charge in [0.25, 0.3) is 5.91 Å². The van der Waals surface area contributed by atoms with Crippen molar-refractivity contribution in [3.63, 3.8) is 0 Å². The summed E-state index contributed by atoms with van der Waals surface area (Å²) in [6.45, 7) is 6.60. The van der Waals surface area contributed by atoms with Crippen molar-refractivity contribution >= 4 is 5.91 Å². The van der Waals surface area contributed by atoms with Gasteiger partial charge >= 0.3 is 0 Å². The molecule has 0 heterocycles. The fourth-order valence-corrected chi connectivity index (χ4v) is 1.54. The summed E-state index contributed by atoms with van der Waals surface area (Å²) in [4.78, 5) is 11.5. The Labute approximate surface area is 102 Å². The van der Waals surface area contributed by atoms with Gasteiger partial charge in [0, 0.05) is 18.7 Å². The number of hydrogen-bond donors (Lipinski definition) is 2. The van der Waals surface area contributed by atoms with Crippen molar-refractivity contribution in [2.75, 3.05) is 6.54 Å². The lowest BCUT2D eigenvalue weighted by Crippen LogP contribution is -2.36. The number of hydrogen-bond acceptors (Lipinski definition) is 3. The van der Waals surface area contributed by atoms with Crippen molar-refractivity contribution in [1.82, 2.24) is 5.32 Å². The van der Waals surface area contributed by atoms with Gasteiger partial charge in [-0.05, 0) is 26.8 Å². The second-order valence-corrected chi connectivity index (χ2v) is 3.97. The minimum atomic E-state index is -0.511. The van der Waals surface area contributed by atoms with Crippen LogP contribution in [0.5, 0.6) is 5.75 Å². The van der Waals surface area contributed by atoms with Gasteiger partial charge in [0.1, 0.15) is 5.75 Å². The first-order valence-electron chi connectivity index (χ1n) is 5.82. The van der Waals surface area contributed by atoms with Crippen molar-refractivity contribution in [1.29, 1.82) is 0 Å². The van der Waals surface area contributed by atoms with Crippen molar-refractivity contribution in [2.45, 2.75) is 33.4 Å². The van der Waals surface area contributed by atoms with E-state index in [0.29, 0.717) is 18.8 Å². The van der Waals surface area contributed by atoms with Crippen LogP contribution in [0.1, 0.15) is 25.0 Å². The predicted molar refractivity (Wildman–Crippen MR) is 67.8 cm³/mol. The van der Waals surface area contributed by atoms with Gasteiger partial charge in [-0.2, -0.15) is 0 Å². The first-order chi connectivity index (χ1) is 8.08. The Hall–Kier alpha value is -1.55. The molecule has 4 nitrogen and oxygen atoms in total. The number of rotatable bonds is 5. The Morgan fingerprint density at radius 3 is 2.82 bits per heavy atom. The summed E-state index contributed by atoms with van der Waals surface area (Å²) in [6, 6.07) is 5.77. The van der Waals surface area contributed by atoms with Crippen LogP contribution >= 0.6 is 0 Å². The van der Waals surface area contributed by atoms with Gasteiger partial charge < -0.3 is 15.8 Å². The molecule has 1 amide bonds. The summed E-state index contributed by atoms with van der Waals surface area (Å²) in [5.41, 5.74) is 7.70. The molecular formula is C13H20N2O2. The first-order valence-corrected chi connectivity index (χ1v) is 5.82. The molecular weight excluding hydrogens is 216 g/mol. The number of benzene rings is 1. The molecule has 17 heavy (non-hydrogen) atoms. The summed E-state index contributed by atoms with van der Waals surface area (Å²) in [5, 5.41) is 2.72. The molecule has 0 bridgehead atoms. The minimum absolute atomic E-state index is 0.115. The van der Waals surface area contributed by atoms with Crippen LogP contribution in [0.4, 0.5) is 0 Å². The van der Waals surface area contributed by atoms with Crippen LogP contribution in [0.25, 0.3) is 0 Å². The molecule has 0 aliphatic heterocycles. The van der Waals surface area contributed by atoms with E-state index in [0.717, 1.165) is 11.1 Å². The zero-order chi connectivity index (χ0) is 12.8. The van der Waals surface area contributed by atoms with Crippen LogP contribution < -0.4 is 15.8 Å². The highest BCUT2D eigenvalue weighted by atomic mass is 16.5. The standard InChI is InChI=1S/C13H20N2O2/c1-4-15-13(16)10(3)17-12-6-5-9(2)7-11(12)8-14/h5-7,10H,4,8,14H2,1-3H3,(H,15,16). The molecule has 1 aromatic rings. The lowest BCUT2D eigenvalue weighted by atomic mass is 10.1. The van der Waals surface area contributed by atoms with Crippen molar-refractivity contribution in [3.8, 4) is 5.75 Å². The van der Waals surface area contributed by atoms with E-state index in [1.54, 1.807) is 6.92 Å². The van der Waals surface area contributed by atoms with E-state index < -0.39 is 6.10 Å². The third kappa shape index (κ3) is 3.75. The van der Waals surface area contributed by atoms with Gasteiger partial charge in [-0.15, -0.1) is 0 Å². The molecule has 1 unspecified atom stereocenters. The van der Waals surface area contributed by atoms with Crippen LogP contribution in [0, 0.1) is 6.92 Å². The highest BCUT2D eigenvalue weighted by molar-refractivity contribution is 5.80. The Balaban J connectivity index is 2.77. The average Bonchev–Trinajstić information content (AvgIpc) is 2.31. The highest BCUT2D eigenvalue weighted by Gasteiger charge is 2.14. The molecule has 1 aromatic carbocycles. The monoisotopic (exact) mass is 236 g/mol. The normalized spacial score (nSPS) is 12.0. The first kappa shape index (κ1) is 13.5. The second-order valence-electron chi connectivity index (χ2n) is 3.97. The van der Waals surface area contributed by atoms with Gasteiger partial charge in [-0.25, -0.2) is 0 Å². The summed E-state index contributed by atoms with van der Waals surface area (Å²) in [7, 11) is 0. The topological polar surface area (TPSA) is 64.3 Å². The highest BCUT2D eigenvalue weighted by Crippen LogP contribution is 2.20. The third-order valence-electron chi connectivity index (χ3n) is 2.46. The van der Waals surface area contributed by atoms with Gasteiger partial charge in [0.15, 0.2) is 6.10 Å². The second kappa shape index (κ2) is 6.25. The Morgan fingerprint density at radius 2 is 2.24 bits per heavy atom. The summed E-state index contributed by atoms with van der Waals surface area (Å²) in [5.74, 6) is 0.563. The van der Waals surface area contributed by atoms with Crippen molar-refractivity contribution in [3.05, 3.63) is 29.3 Å². The predicted octanol–water partition coefficient (Wildman–Crippen LogP) is 1.36. The van der Waals surface area contributed by atoms with E-state index >= 15 is 0 Å². The van der Waals surface area contributed by atoms with Crippen molar-refractivity contribution < 1.29 is 9.53 Å². The Morgan fingerprint density at radius 1 is 1.53 bits per heavy atom. The fraction of sp³-hybridized carbons (Fsp3) is 0.462. The number of likely N-dealkylation sites (N-methyl/N-ethyl adjacent to an activating group) is 1. The Bertz CT molecular complexity index is 391. The number of carbonyl (C=O) groups excluding carboxylic acids is 1. The van der Waals surface area contributed by atoms with Crippen LogP contribution in [-0.4, -0.2) is 18.6 Å². The molecule has 94 valence electrons. The zero-order valence-electron chi connectivity index (χ0n) is 10.6. The Kier molecular flexibility index (Phi) is 4.97. The summed E-state index contributed by atoms with van der Waals surface area (Å²) in [6.07, 6.45) is -0.511. The lowest BCUT2D eigenvalue weighted by molar-refractivity contribution is -0.127. The fourth-order valence-electron chi connectivity index (χ4n) is 1.54. The smallest absolute Gasteiger partial charge is 0.260 e. The van der Waals surface area contributed by atoms with E-state index in [1.807, 2.05) is 32.0 Å². The maximum Gasteiger partial charge on any atom is 0.260 e. The van der Waals surface area contributed by atoms with Crippen LogP contribution in [0.15, 0.2) is 18.2 Å². The van der Waals surface area contributed by atoms with Gasteiger partial charge in [0.2, 0.25) is 0 Å². The number of nitrogens with two attached hydrogens (primary N) is 1. The maximum absolute atomic E-state index is 11.5. The van der Waals surface area contributed by atoms with Gasteiger partial charge in [-0.3, -0.25) is 4.79 Å². The van der Waals surface area contributed by atoms with E-state index in [9.17, 15) is 4.79 Å². The number of carbonyl (C=O) groups is 1.